The molecule has 1 aromatic rings. The molecule has 0 fully saturated rings. The maximum Gasteiger partial charge on any atom is 0.264 e. The highest BCUT2D eigenvalue weighted by Gasteiger charge is 2.22. The predicted octanol–water partition coefficient (Wildman–Crippen LogP) is 3.85. The molecule has 3 nitrogen and oxygen atoms in total. The largest absolute Gasteiger partial charge is 0.490 e. The van der Waals surface area contributed by atoms with Crippen molar-refractivity contribution < 1.29 is 21.9 Å². The monoisotopic (exact) mass is 312 g/mol. The van der Waals surface area contributed by atoms with Crippen LogP contribution in [0.2, 0.25) is 0 Å². The molecule has 0 unspecified atom stereocenters. The van der Waals surface area contributed by atoms with E-state index in [1.165, 1.54) is 0 Å². The SMILES string of the molecule is CCCCCCOc1ccc(S(=O)(=O)Cl)c(F)c1F. The van der Waals surface area contributed by atoms with Crippen molar-refractivity contribution in [2.24, 2.45) is 0 Å². The van der Waals surface area contributed by atoms with Crippen LogP contribution in [0.15, 0.2) is 17.0 Å². The molecule has 0 atom stereocenters. The van der Waals surface area contributed by atoms with Crippen molar-refractivity contribution in [2.75, 3.05) is 6.61 Å². The van der Waals surface area contributed by atoms with E-state index in [9.17, 15) is 17.2 Å². The minimum absolute atomic E-state index is 0.253. The van der Waals surface area contributed by atoms with Gasteiger partial charge in [-0.3, -0.25) is 0 Å². The number of hydrogen-bond acceptors (Lipinski definition) is 3. The van der Waals surface area contributed by atoms with Crippen LogP contribution in [0.1, 0.15) is 32.6 Å². The lowest BCUT2D eigenvalue weighted by molar-refractivity contribution is 0.284. The van der Waals surface area contributed by atoms with E-state index in [1.807, 2.05) is 0 Å². The summed E-state index contributed by atoms with van der Waals surface area (Å²) >= 11 is 0. The molecule has 1 rings (SSSR count). The average molecular weight is 313 g/mol. The molecule has 0 saturated heterocycles. The average Bonchev–Trinajstić information content (AvgIpc) is 2.32. The van der Waals surface area contributed by atoms with Gasteiger partial charge in [0.05, 0.1) is 6.61 Å². The van der Waals surface area contributed by atoms with Crippen molar-refractivity contribution in [3.05, 3.63) is 23.8 Å². The molecular formula is C12H15ClF2O3S. The summed E-state index contributed by atoms with van der Waals surface area (Å²) in [4.78, 5) is -0.884. The summed E-state index contributed by atoms with van der Waals surface area (Å²) < 4.78 is 54.0. The molecular weight excluding hydrogens is 298 g/mol. The second-order valence-electron chi connectivity index (χ2n) is 4.04. The predicted molar refractivity (Wildman–Crippen MR) is 69.0 cm³/mol. The molecule has 0 amide bonds. The van der Waals surface area contributed by atoms with Crippen LogP contribution in [0.4, 0.5) is 8.78 Å². The highest BCUT2D eigenvalue weighted by atomic mass is 35.7. The van der Waals surface area contributed by atoms with Crippen molar-refractivity contribution in [3.8, 4) is 5.75 Å². The molecule has 0 radical (unpaired) electrons. The first kappa shape index (κ1) is 16.2. The van der Waals surface area contributed by atoms with Crippen LogP contribution in [-0.2, 0) is 9.05 Å². The highest BCUT2D eigenvalue weighted by Crippen LogP contribution is 2.27. The Morgan fingerprint density at radius 3 is 2.42 bits per heavy atom. The van der Waals surface area contributed by atoms with Crippen molar-refractivity contribution in [1.29, 1.82) is 0 Å². The zero-order chi connectivity index (χ0) is 14.5. The van der Waals surface area contributed by atoms with E-state index in [1.54, 1.807) is 0 Å². The third-order valence-corrected chi connectivity index (χ3v) is 3.87. The van der Waals surface area contributed by atoms with Crippen molar-refractivity contribution in [3.63, 3.8) is 0 Å². The first-order chi connectivity index (χ1) is 8.88. The van der Waals surface area contributed by atoms with E-state index in [2.05, 4.69) is 6.92 Å². The molecule has 0 aliphatic heterocycles. The van der Waals surface area contributed by atoms with Crippen LogP contribution in [0.25, 0.3) is 0 Å². The van der Waals surface area contributed by atoms with Crippen LogP contribution < -0.4 is 4.74 Å². The lowest BCUT2D eigenvalue weighted by Crippen LogP contribution is -2.04. The quantitative estimate of drug-likeness (QED) is 0.567. The van der Waals surface area contributed by atoms with Gasteiger partial charge >= 0.3 is 0 Å². The van der Waals surface area contributed by atoms with Gasteiger partial charge in [0.25, 0.3) is 9.05 Å². The number of halogens is 3. The fraction of sp³-hybridized carbons (Fsp3) is 0.500. The Morgan fingerprint density at radius 2 is 1.84 bits per heavy atom. The van der Waals surface area contributed by atoms with E-state index in [4.69, 9.17) is 15.4 Å². The van der Waals surface area contributed by atoms with E-state index in [-0.39, 0.29) is 12.4 Å². The molecule has 1 aromatic carbocycles. The Labute approximate surface area is 115 Å². The molecule has 0 aliphatic carbocycles. The molecule has 0 saturated carbocycles. The van der Waals surface area contributed by atoms with Gasteiger partial charge in [-0.2, -0.15) is 4.39 Å². The molecule has 0 bridgehead atoms. The van der Waals surface area contributed by atoms with E-state index in [0.717, 1.165) is 37.8 Å². The first-order valence-electron chi connectivity index (χ1n) is 5.93. The summed E-state index contributed by atoms with van der Waals surface area (Å²) in [5.41, 5.74) is 0. The summed E-state index contributed by atoms with van der Waals surface area (Å²) in [6, 6.07) is 1.95. The number of rotatable bonds is 7. The normalized spacial score (nSPS) is 11.6. The Morgan fingerprint density at radius 1 is 1.16 bits per heavy atom. The van der Waals surface area contributed by atoms with Gasteiger partial charge in [0.15, 0.2) is 11.6 Å². The van der Waals surface area contributed by atoms with Gasteiger partial charge < -0.3 is 4.74 Å². The van der Waals surface area contributed by atoms with Crippen molar-refractivity contribution in [2.45, 2.75) is 37.5 Å². The van der Waals surface area contributed by atoms with E-state index >= 15 is 0 Å². The Hall–Kier alpha value is -0.880. The van der Waals surface area contributed by atoms with Gasteiger partial charge in [0.2, 0.25) is 5.82 Å². The van der Waals surface area contributed by atoms with E-state index in [0.29, 0.717) is 0 Å². The summed E-state index contributed by atoms with van der Waals surface area (Å²) in [6.07, 6.45) is 3.77. The maximum absolute atomic E-state index is 13.5. The third kappa shape index (κ3) is 4.62. The molecule has 0 aromatic heterocycles. The van der Waals surface area contributed by atoms with Crippen LogP contribution in [0.5, 0.6) is 5.75 Å². The lowest BCUT2D eigenvalue weighted by atomic mass is 10.2. The fourth-order valence-electron chi connectivity index (χ4n) is 1.52. The zero-order valence-electron chi connectivity index (χ0n) is 10.5. The zero-order valence-corrected chi connectivity index (χ0v) is 12.0. The van der Waals surface area contributed by atoms with Crippen molar-refractivity contribution >= 4 is 19.7 Å². The summed E-state index contributed by atoms with van der Waals surface area (Å²) in [6.45, 7) is 2.31. The number of benzene rings is 1. The van der Waals surface area contributed by atoms with Gasteiger partial charge in [0, 0.05) is 10.7 Å². The van der Waals surface area contributed by atoms with Crippen LogP contribution >= 0.6 is 10.7 Å². The van der Waals surface area contributed by atoms with Gasteiger partial charge in [-0.25, -0.2) is 12.8 Å². The summed E-state index contributed by atoms with van der Waals surface area (Å²) in [7, 11) is 0.671. The van der Waals surface area contributed by atoms with Gasteiger partial charge in [-0.05, 0) is 18.6 Å². The minimum atomic E-state index is -4.30. The fourth-order valence-corrected chi connectivity index (χ4v) is 2.42. The lowest BCUT2D eigenvalue weighted by Gasteiger charge is -2.08. The molecule has 0 N–H and O–H groups in total. The molecule has 7 heteroatoms. The second kappa shape index (κ2) is 7.05. The standard InChI is InChI=1S/C12H15ClF2O3S/c1-2-3-4-5-8-18-9-6-7-10(19(13,16)17)12(15)11(9)14/h6-7H,2-5,8H2,1H3. The van der Waals surface area contributed by atoms with Gasteiger partial charge in [0.1, 0.15) is 4.90 Å². The molecule has 0 spiro atoms. The van der Waals surface area contributed by atoms with Gasteiger partial charge in [-0.1, -0.05) is 26.2 Å². The molecule has 0 aliphatic rings. The Balaban J connectivity index is 2.75. The number of unbranched alkanes of at least 4 members (excludes halogenated alkanes) is 3. The smallest absolute Gasteiger partial charge is 0.264 e. The molecule has 108 valence electrons. The Kier molecular flexibility index (Phi) is 6.00. The number of hydrogen-bond donors (Lipinski definition) is 0. The number of ether oxygens (including phenoxy) is 1. The molecule has 19 heavy (non-hydrogen) atoms. The Bertz CT molecular complexity index is 532. The third-order valence-electron chi connectivity index (χ3n) is 2.53. The van der Waals surface area contributed by atoms with Crippen molar-refractivity contribution in [1.82, 2.24) is 0 Å². The maximum atomic E-state index is 13.5. The van der Waals surface area contributed by atoms with Gasteiger partial charge in [-0.15, -0.1) is 0 Å². The topological polar surface area (TPSA) is 43.4 Å². The van der Waals surface area contributed by atoms with E-state index < -0.39 is 25.6 Å². The van der Waals surface area contributed by atoms with Crippen LogP contribution in [0, 0.1) is 11.6 Å². The summed E-state index contributed by atoms with van der Waals surface area (Å²) in [5, 5.41) is 0. The minimum Gasteiger partial charge on any atom is -0.490 e. The molecule has 0 heterocycles. The van der Waals surface area contributed by atoms with Crippen LogP contribution in [0.3, 0.4) is 0 Å². The summed E-state index contributed by atoms with van der Waals surface area (Å²) in [5.74, 6) is -3.16. The second-order valence-corrected chi connectivity index (χ2v) is 6.57. The highest BCUT2D eigenvalue weighted by molar-refractivity contribution is 8.13. The van der Waals surface area contributed by atoms with Crippen LogP contribution in [-0.4, -0.2) is 15.0 Å². The first-order valence-corrected chi connectivity index (χ1v) is 8.24.